The smallest absolute Gasteiger partial charge is 0.183 e. The molecule has 6 atom stereocenters. The maximum atomic E-state index is 5.94. The van der Waals surface area contributed by atoms with E-state index >= 15 is 0 Å². The standard InChI is InChI=1S/C17H26O3/c1-10-8-9-17(3)13(11(10)2)7-6-12-14(17)16(19-5)20-15(12)18-4/h6,10,13-16H,2,7-9H2,1,3-5H3/t10-,13+,14+,15-,16+,17-/m0/s1. The largest absolute Gasteiger partial charge is 0.355 e. The third kappa shape index (κ3) is 1.83. The summed E-state index contributed by atoms with van der Waals surface area (Å²) in [7, 11) is 3.43. The van der Waals surface area contributed by atoms with Crippen molar-refractivity contribution in [3.8, 4) is 0 Å². The Kier molecular flexibility index (Phi) is 3.56. The fourth-order valence-electron chi connectivity index (χ4n) is 4.58. The van der Waals surface area contributed by atoms with E-state index in [1.54, 1.807) is 14.2 Å². The number of ether oxygens (including phenoxy) is 3. The number of methoxy groups -OCH3 is 2. The van der Waals surface area contributed by atoms with Crippen molar-refractivity contribution in [2.45, 2.75) is 45.7 Å². The highest BCUT2D eigenvalue weighted by atomic mass is 16.8. The molecule has 3 heteroatoms. The van der Waals surface area contributed by atoms with Crippen molar-refractivity contribution in [3.05, 3.63) is 23.8 Å². The van der Waals surface area contributed by atoms with Crippen molar-refractivity contribution in [2.75, 3.05) is 14.2 Å². The first kappa shape index (κ1) is 14.3. The Morgan fingerprint density at radius 2 is 2.10 bits per heavy atom. The highest BCUT2D eigenvalue weighted by molar-refractivity contribution is 5.29. The lowest BCUT2D eigenvalue weighted by molar-refractivity contribution is -0.201. The first-order chi connectivity index (χ1) is 9.52. The quantitative estimate of drug-likeness (QED) is 0.723. The van der Waals surface area contributed by atoms with E-state index in [2.05, 4.69) is 26.5 Å². The van der Waals surface area contributed by atoms with Gasteiger partial charge in [-0.1, -0.05) is 32.1 Å². The molecular formula is C17H26O3. The Morgan fingerprint density at radius 1 is 1.35 bits per heavy atom. The van der Waals surface area contributed by atoms with E-state index in [1.165, 1.54) is 24.0 Å². The molecule has 1 saturated heterocycles. The summed E-state index contributed by atoms with van der Waals surface area (Å²) >= 11 is 0. The maximum absolute atomic E-state index is 5.94. The van der Waals surface area contributed by atoms with Gasteiger partial charge in [0.15, 0.2) is 12.6 Å². The Bertz CT molecular complexity index is 442. The summed E-state index contributed by atoms with van der Waals surface area (Å²) in [5.41, 5.74) is 2.87. The zero-order valence-corrected chi connectivity index (χ0v) is 13.0. The topological polar surface area (TPSA) is 27.7 Å². The second-order valence-corrected chi connectivity index (χ2v) is 6.80. The van der Waals surface area contributed by atoms with Crippen LogP contribution in [0, 0.1) is 23.2 Å². The van der Waals surface area contributed by atoms with E-state index < -0.39 is 0 Å². The predicted molar refractivity (Wildman–Crippen MR) is 78.0 cm³/mol. The van der Waals surface area contributed by atoms with Crippen molar-refractivity contribution < 1.29 is 14.2 Å². The van der Waals surface area contributed by atoms with Crippen molar-refractivity contribution in [2.24, 2.45) is 23.2 Å². The normalized spacial score (nSPS) is 47.7. The van der Waals surface area contributed by atoms with Gasteiger partial charge in [0.05, 0.1) is 0 Å². The van der Waals surface area contributed by atoms with Gasteiger partial charge in [-0.3, -0.25) is 0 Å². The van der Waals surface area contributed by atoms with Crippen LogP contribution in [0.15, 0.2) is 23.8 Å². The summed E-state index contributed by atoms with van der Waals surface area (Å²) < 4.78 is 17.0. The molecule has 0 bridgehead atoms. The average molecular weight is 278 g/mol. The molecule has 0 aromatic carbocycles. The Labute approximate surface area is 122 Å². The van der Waals surface area contributed by atoms with Crippen molar-refractivity contribution >= 4 is 0 Å². The van der Waals surface area contributed by atoms with E-state index in [0.29, 0.717) is 17.8 Å². The molecule has 0 aromatic heterocycles. The molecule has 0 aromatic rings. The molecule has 0 amide bonds. The predicted octanol–water partition coefficient (Wildman–Crippen LogP) is 3.52. The second-order valence-electron chi connectivity index (χ2n) is 6.80. The number of rotatable bonds is 2. The first-order valence-corrected chi connectivity index (χ1v) is 7.62. The van der Waals surface area contributed by atoms with Crippen LogP contribution in [0.4, 0.5) is 0 Å². The Hall–Kier alpha value is -0.640. The van der Waals surface area contributed by atoms with Crippen LogP contribution < -0.4 is 0 Å². The third-order valence-electron chi connectivity index (χ3n) is 5.90. The van der Waals surface area contributed by atoms with Gasteiger partial charge in [-0.15, -0.1) is 0 Å². The van der Waals surface area contributed by atoms with Gasteiger partial charge in [0.1, 0.15) is 0 Å². The number of hydrogen-bond acceptors (Lipinski definition) is 3. The van der Waals surface area contributed by atoms with Crippen molar-refractivity contribution in [1.29, 1.82) is 0 Å². The highest BCUT2D eigenvalue weighted by Gasteiger charge is 2.57. The number of fused-ring (bicyclic) bond motifs is 3. The zero-order valence-electron chi connectivity index (χ0n) is 13.0. The maximum Gasteiger partial charge on any atom is 0.183 e. The van der Waals surface area contributed by atoms with Crippen LogP contribution >= 0.6 is 0 Å². The van der Waals surface area contributed by atoms with Crippen LogP contribution in [-0.4, -0.2) is 26.8 Å². The summed E-state index contributed by atoms with van der Waals surface area (Å²) in [6.45, 7) is 9.08. The first-order valence-electron chi connectivity index (χ1n) is 7.62. The van der Waals surface area contributed by atoms with Crippen LogP contribution in [0.5, 0.6) is 0 Å². The molecule has 112 valence electrons. The van der Waals surface area contributed by atoms with E-state index in [-0.39, 0.29) is 18.0 Å². The molecule has 2 aliphatic carbocycles. The molecule has 20 heavy (non-hydrogen) atoms. The molecule has 0 spiro atoms. The fourth-order valence-corrected chi connectivity index (χ4v) is 4.58. The van der Waals surface area contributed by atoms with Gasteiger partial charge in [-0.25, -0.2) is 0 Å². The molecule has 1 heterocycles. The highest BCUT2D eigenvalue weighted by Crippen LogP contribution is 2.60. The third-order valence-corrected chi connectivity index (χ3v) is 5.90. The SMILES string of the molecule is C=C1[C@H]2CC=C3[C@@H](OC)O[C@@H](OC)[C@@H]3[C@@]2(C)CC[C@@H]1C. The average Bonchev–Trinajstić information content (AvgIpc) is 2.82. The van der Waals surface area contributed by atoms with E-state index in [1.807, 2.05) is 0 Å². The van der Waals surface area contributed by atoms with Crippen LogP contribution in [0.1, 0.15) is 33.1 Å². The molecule has 2 fully saturated rings. The van der Waals surface area contributed by atoms with Crippen LogP contribution in [0.25, 0.3) is 0 Å². The minimum Gasteiger partial charge on any atom is -0.355 e. The lowest BCUT2D eigenvalue weighted by Gasteiger charge is -2.52. The molecule has 3 nitrogen and oxygen atoms in total. The van der Waals surface area contributed by atoms with Gasteiger partial charge in [-0.05, 0) is 42.1 Å². The molecule has 0 radical (unpaired) electrons. The van der Waals surface area contributed by atoms with Gasteiger partial charge < -0.3 is 14.2 Å². The van der Waals surface area contributed by atoms with Gasteiger partial charge in [0.25, 0.3) is 0 Å². The molecule has 3 rings (SSSR count). The monoisotopic (exact) mass is 278 g/mol. The fraction of sp³-hybridized carbons (Fsp3) is 0.765. The minimum absolute atomic E-state index is 0.182. The molecule has 3 aliphatic rings. The van der Waals surface area contributed by atoms with Crippen molar-refractivity contribution in [1.82, 2.24) is 0 Å². The zero-order chi connectivity index (χ0) is 14.5. The summed E-state index contributed by atoms with van der Waals surface area (Å²) in [4.78, 5) is 0. The van der Waals surface area contributed by atoms with Crippen LogP contribution in [0.3, 0.4) is 0 Å². The van der Waals surface area contributed by atoms with Gasteiger partial charge in [0, 0.05) is 20.1 Å². The van der Waals surface area contributed by atoms with Gasteiger partial charge in [-0.2, -0.15) is 0 Å². The number of allylic oxidation sites excluding steroid dienone is 2. The van der Waals surface area contributed by atoms with Gasteiger partial charge >= 0.3 is 0 Å². The van der Waals surface area contributed by atoms with Gasteiger partial charge in [0.2, 0.25) is 0 Å². The minimum atomic E-state index is -0.240. The van der Waals surface area contributed by atoms with E-state index in [4.69, 9.17) is 14.2 Å². The van der Waals surface area contributed by atoms with Crippen LogP contribution in [0.2, 0.25) is 0 Å². The molecular weight excluding hydrogens is 252 g/mol. The lowest BCUT2D eigenvalue weighted by Crippen LogP contribution is -2.47. The Morgan fingerprint density at radius 3 is 2.75 bits per heavy atom. The Balaban J connectivity index is 2.00. The summed E-state index contributed by atoms with van der Waals surface area (Å²) in [5, 5.41) is 0. The molecule has 0 N–H and O–H groups in total. The van der Waals surface area contributed by atoms with Crippen molar-refractivity contribution in [3.63, 3.8) is 0 Å². The molecule has 1 saturated carbocycles. The van der Waals surface area contributed by atoms with E-state index in [9.17, 15) is 0 Å². The summed E-state index contributed by atoms with van der Waals surface area (Å²) in [6, 6.07) is 0. The lowest BCUT2D eigenvalue weighted by atomic mass is 9.53. The second kappa shape index (κ2) is 4.97. The number of hydrogen-bond donors (Lipinski definition) is 0. The van der Waals surface area contributed by atoms with E-state index in [0.717, 1.165) is 6.42 Å². The summed E-state index contributed by atoms with van der Waals surface area (Å²) in [6.07, 6.45) is 5.36. The molecule has 1 aliphatic heterocycles. The molecule has 0 unspecified atom stereocenters. The van der Waals surface area contributed by atoms with Crippen LogP contribution in [-0.2, 0) is 14.2 Å². The summed E-state index contributed by atoms with van der Waals surface area (Å²) in [5.74, 6) is 1.46.